The Morgan fingerprint density at radius 1 is 1.38 bits per heavy atom. The third-order valence-electron chi connectivity index (χ3n) is 3.74. The van der Waals surface area contributed by atoms with Crippen molar-refractivity contribution in [3.8, 4) is 0 Å². The van der Waals surface area contributed by atoms with Gasteiger partial charge in [0.05, 0.1) is 6.10 Å². The Bertz CT molecular complexity index is 249. The fourth-order valence-corrected chi connectivity index (χ4v) is 2.56. The van der Waals surface area contributed by atoms with E-state index in [2.05, 4.69) is 17.2 Å². The molecule has 1 saturated heterocycles. The highest BCUT2D eigenvalue weighted by Crippen LogP contribution is 2.20. The number of ether oxygens (including phenoxy) is 1. The second-order valence-electron chi connectivity index (χ2n) is 4.98. The molecule has 2 rings (SSSR count). The third kappa shape index (κ3) is 3.11. The van der Waals surface area contributed by atoms with Crippen molar-refractivity contribution in [1.29, 1.82) is 0 Å². The van der Waals surface area contributed by atoms with Crippen LogP contribution in [0, 0.1) is 5.92 Å². The summed E-state index contributed by atoms with van der Waals surface area (Å²) in [5, 5.41) is 3.30. The van der Waals surface area contributed by atoms with Crippen molar-refractivity contribution < 1.29 is 4.74 Å². The predicted octanol–water partition coefficient (Wildman–Crippen LogP) is 1.26. The van der Waals surface area contributed by atoms with Gasteiger partial charge in [-0.1, -0.05) is 12.8 Å². The Balaban J connectivity index is 1.73. The molecule has 1 saturated carbocycles. The molecule has 1 heterocycles. The van der Waals surface area contributed by atoms with Crippen LogP contribution in [0.25, 0.3) is 0 Å². The maximum Gasteiger partial charge on any atom is 0.188 e. The summed E-state index contributed by atoms with van der Waals surface area (Å²) in [4.78, 5) is 4.42. The minimum absolute atomic E-state index is 0.336. The first-order chi connectivity index (χ1) is 7.75. The van der Waals surface area contributed by atoms with Crippen LogP contribution < -0.4 is 11.1 Å². The highest BCUT2D eigenvalue weighted by atomic mass is 16.5. The van der Waals surface area contributed by atoms with Gasteiger partial charge in [0.2, 0.25) is 0 Å². The summed E-state index contributed by atoms with van der Waals surface area (Å²) in [7, 11) is 0. The van der Waals surface area contributed by atoms with Gasteiger partial charge in [-0.2, -0.15) is 0 Å². The van der Waals surface area contributed by atoms with Crippen molar-refractivity contribution in [2.45, 2.75) is 51.2 Å². The molecule has 3 N–H and O–H groups in total. The lowest BCUT2D eigenvalue weighted by molar-refractivity contribution is 0.107. The van der Waals surface area contributed by atoms with E-state index >= 15 is 0 Å². The van der Waals surface area contributed by atoms with Crippen molar-refractivity contribution in [2.75, 3.05) is 13.2 Å². The molecule has 0 spiro atoms. The third-order valence-corrected chi connectivity index (χ3v) is 3.74. The van der Waals surface area contributed by atoms with E-state index in [1.54, 1.807) is 0 Å². The number of hydrogen-bond donors (Lipinski definition) is 2. The average Bonchev–Trinajstić information content (AvgIpc) is 2.87. The van der Waals surface area contributed by atoms with Gasteiger partial charge in [0.1, 0.15) is 0 Å². The fourth-order valence-electron chi connectivity index (χ4n) is 2.56. The van der Waals surface area contributed by atoms with Crippen LogP contribution in [0.15, 0.2) is 4.99 Å². The van der Waals surface area contributed by atoms with E-state index in [-0.39, 0.29) is 0 Å². The molecule has 1 aliphatic heterocycles. The van der Waals surface area contributed by atoms with Crippen LogP contribution in [0.5, 0.6) is 0 Å². The molecule has 1 aliphatic carbocycles. The standard InChI is InChI=1S/C12H23N3O/c1-9-10(6-7-16-9)8-14-12(13)15-11-4-2-3-5-11/h9-11H,2-8H2,1H3,(H3,13,14,15). The molecular formula is C12H23N3O. The summed E-state index contributed by atoms with van der Waals surface area (Å²) in [5.74, 6) is 1.16. The minimum atomic E-state index is 0.336. The second kappa shape index (κ2) is 5.53. The molecule has 0 radical (unpaired) electrons. The molecule has 0 amide bonds. The molecule has 0 aromatic heterocycles. The van der Waals surface area contributed by atoms with Crippen LogP contribution in [0.2, 0.25) is 0 Å². The summed E-state index contributed by atoms with van der Waals surface area (Å²) >= 11 is 0. The normalized spacial score (nSPS) is 32.2. The van der Waals surface area contributed by atoms with Crippen LogP contribution in [0.4, 0.5) is 0 Å². The van der Waals surface area contributed by atoms with E-state index in [4.69, 9.17) is 10.5 Å². The Morgan fingerprint density at radius 2 is 2.12 bits per heavy atom. The van der Waals surface area contributed by atoms with E-state index in [0.29, 0.717) is 24.0 Å². The number of nitrogens with one attached hydrogen (secondary N) is 1. The molecule has 92 valence electrons. The van der Waals surface area contributed by atoms with Gasteiger partial charge in [-0.15, -0.1) is 0 Å². The highest BCUT2D eigenvalue weighted by molar-refractivity contribution is 5.78. The summed E-state index contributed by atoms with van der Waals surface area (Å²) < 4.78 is 5.50. The van der Waals surface area contributed by atoms with E-state index in [1.807, 2.05) is 0 Å². The first-order valence-corrected chi connectivity index (χ1v) is 6.44. The molecule has 2 fully saturated rings. The summed E-state index contributed by atoms with van der Waals surface area (Å²) in [5.41, 5.74) is 5.88. The second-order valence-corrected chi connectivity index (χ2v) is 4.98. The quantitative estimate of drug-likeness (QED) is 0.561. The van der Waals surface area contributed by atoms with E-state index in [9.17, 15) is 0 Å². The Labute approximate surface area is 97.6 Å². The van der Waals surface area contributed by atoms with Crippen molar-refractivity contribution in [3.63, 3.8) is 0 Å². The van der Waals surface area contributed by atoms with E-state index in [0.717, 1.165) is 19.6 Å². The monoisotopic (exact) mass is 225 g/mol. The molecule has 4 nitrogen and oxygen atoms in total. The number of nitrogens with zero attached hydrogens (tertiary/aromatic N) is 1. The van der Waals surface area contributed by atoms with Gasteiger partial charge < -0.3 is 15.8 Å². The molecule has 0 bridgehead atoms. The minimum Gasteiger partial charge on any atom is -0.378 e. The molecule has 2 unspecified atom stereocenters. The lowest BCUT2D eigenvalue weighted by Crippen LogP contribution is -2.39. The lowest BCUT2D eigenvalue weighted by Gasteiger charge is -2.14. The van der Waals surface area contributed by atoms with Crippen LogP contribution in [-0.4, -0.2) is 31.3 Å². The number of rotatable bonds is 3. The first kappa shape index (κ1) is 11.7. The van der Waals surface area contributed by atoms with Crippen LogP contribution in [0.1, 0.15) is 39.0 Å². The van der Waals surface area contributed by atoms with Gasteiger partial charge in [-0.05, 0) is 26.2 Å². The van der Waals surface area contributed by atoms with Gasteiger partial charge in [0.25, 0.3) is 0 Å². The number of hydrogen-bond acceptors (Lipinski definition) is 2. The summed E-state index contributed by atoms with van der Waals surface area (Å²) in [6.07, 6.45) is 6.55. The van der Waals surface area contributed by atoms with Gasteiger partial charge in [-0.3, -0.25) is 4.99 Å². The zero-order chi connectivity index (χ0) is 11.4. The van der Waals surface area contributed by atoms with Crippen LogP contribution in [-0.2, 0) is 4.74 Å². The van der Waals surface area contributed by atoms with Crippen molar-refractivity contribution >= 4 is 5.96 Å². The van der Waals surface area contributed by atoms with Crippen molar-refractivity contribution in [3.05, 3.63) is 0 Å². The topological polar surface area (TPSA) is 59.6 Å². The van der Waals surface area contributed by atoms with E-state index in [1.165, 1.54) is 25.7 Å². The number of guanidine groups is 1. The smallest absolute Gasteiger partial charge is 0.188 e. The maximum atomic E-state index is 5.88. The Morgan fingerprint density at radius 3 is 2.75 bits per heavy atom. The van der Waals surface area contributed by atoms with Crippen molar-refractivity contribution in [2.24, 2.45) is 16.6 Å². The molecule has 2 aliphatic rings. The number of nitrogens with two attached hydrogens (primary N) is 1. The zero-order valence-electron chi connectivity index (χ0n) is 10.1. The molecule has 0 aromatic rings. The summed E-state index contributed by atoms with van der Waals surface area (Å²) in [6, 6.07) is 0.556. The molecular weight excluding hydrogens is 202 g/mol. The van der Waals surface area contributed by atoms with Gasteiger partial charge in [-0.25, -0.2) is 0 Å². The lowest BCUT2D eigenvalue weighted by atomic mass is 10.0. The number of aliphatic imine (C=N–C) groups is 1. The van der Waals surface area contributed by atoms with Crippen LogP contribution in [0.3, 0.4) is 0 Å². The molecule has 2 atom stereocenters. The largest absolute Gasteiger partial charge is 0.378 e. The predicted molar refractivity (Wildman–Crippen MR) is 65.4 cm³/mol. The van der Waals surface area contributed by atoms with Crippen molar-refractivity contribution in [1.82, 2.24) is 5.32 Å². The Kier molecular flexibility index (Phi) is 4.04. The summed E-state index contributed by atoms with van der Waals surface area (Å²) in [6.45, 7) is 3.79. The SMILES string of the molecule is CC1OCCC1CN=C(N)NC1CCCC1. The first-order valence-electron chi connectivity index (χ1n) is 6.44. The van der Waals surface area contributed by atoms with E-state index < -0.39 is 0 Å². The maximum absolute atomic E-state index is 5.88. The van der Waals surface area contributed by atoms with Gasteiger partial charge >= 0.3 is 0 Å². The van der Waals surface area contributed by atoms with Gasteiger partial charge in [0, 0.05) is 25.1 Å². The highest BCUT2D eigenvalue weighted by Gasteiger charge is 2.23. The van der Waals surface area contributed by atoms with Crippen LogP contribution >= 0.6 is 0 Å². The zero-order valence-corrected chi connectivity index (χ0v) is 10.1. The average molecular weight is 225 g/mol. The molecule has 0 aromatic carbocycles. The molecule has 16 heavy (non-hydrogen) atoms. The van der Waals surface area contributed by atoms with Gasteiger partial charge in [0.15, 0.2) is 5.96 Å². The fraction of sp³-hybridized carbons (Fsp3) is 0.917. The molecule has 4 heteroatoms. The Hall–Kier alpha value is -0.770.